The third-order valence-electron chi connectivity index (χ3n) is 7.26. The molecule has 1 N–H and O–H groups in total. The van der Waals surface area contributed by atoms with E-state index < -0.39 is 0 Å². The van der Waals surface area contributed by atoms with Crippen molar-refractivity contribution in [2.75, 3.05) is 39.3 Å². The summed E-state index contributed by atoms with van der Waals surface area (Å²) in [7, 11) is 0. The van der Waals surface area contributed by atoms with E-state index in [2.05, 4.69) is 15.2 Å². The van der Waals surface area contributed by atoms with Gasteiger partial charge in [0.25, 0.3) is 5.91 Å². The maximum atomic E-state index is 13.1. The van der Waals surface area contributed by atoms with Crippen LogP contribution in [0.25, 0.3) is 22.6 Å². The summed E-state index contributed by atoms with van der Waals surface area (Å²) in [6, 6.07) is 13.5. The number of carbonyl (C=O) groups is 2. The van der Waals surface area contributed by atoms with Crippen LogP contribution in [-0.2, 0) is 4.79 Å². The summed E-state index contributed by atoms with van der Waals surface area (Å²) in [6.45, 7) is 7.38. The molecular weight excluding hydrogens is 440 g/mol. The van der Waals surface area contributed by atoms with Crippen molar-refractivity contribution in [3.05, 3.63) is 53.6 Å². The van der Waals surface area contributed by atoms with Gasteiger partial charge in [0.05, 0.1) is 0 Å². The van der Waals surface area contributed by atoms with Gasteiger partial charge in [-0.1, -0.05) is 17.7 Å². The second kappa shape index (κ2) is 10.6. The van der Waals surface area contributed by atoms with Gasteiger partial charge in [-0.2, -0.15) is 0 Å². The van der Waals surface area contributed by atoms with Crippen molar-refractivity contribution < 1.29 is 14.0 Å². The number of likely N-dealkylation sites (tertiary alicyclic amines) is 2. The van der Waals surface area contributed by atoms with E-state index in [1.165, 1.54) is 18.4 Å². The van der Waals surface area contributed by atoms with Gasteiger partial charge < -0.3 is 19.5 Å². The first-order valence-electron chi connectivity index (χ1n) is 12.8. The molecule has 2 amide bonds. The zero-order valence-corrected chi connectivity index (χ0v) is 20.5. The maximum absolute atomic E-state index is 13.1. The van der Waals surface area contributed by atoms with Crippen molar-refractivity contribution in [1.29, 1.82) is 0 Å². The molecular formula is C28H34N4O3. The van der Waals surface area contributed by atoms with E-state index in [-0.39, 0.29) is 11.8 Å². The number of nitrogens with zero attached hydrogens (tertiary/aromatic N) is 3. The molecule has 0 spiro atoms. The number of fused-ring (bicyclic) bond motifs is 1. The Labute approximate surface area is 206 Å². The lowest BCUT2D eigenvalue weighted by Crippen LogP contribution is -2.40. The molecule has 2 saturated heterocycles. The number of oxazole rings is 1. The van der Waals surface area contributed by atoms with Gasteiger partial charge >= 0.3 is 0 Å². The quantitative estimate of drug-likeness (QED) is 0.554. The maximum Gasteiger partial charge on any atom is 0.253 e. The molecule has 1 aromatic heterocycles. The highest BCUT2D eigenvalue weighted by atomic mass is 16.3. The van der Waals surface area contributed by atoms with E-state index >= 15 is 0 Å². The van der Waals surface area contributed by atoms with Crippen LogP contribution in [0.5, 0.6) is 0 Å². The zero-order valence-electron chi connectivity index (χ0n) is 20.5. The molecule has 35 heavy (non-hydrogen) atoms. The van der Waals surface area contributed by atoms with Crippen LogP contribution >= 0.6 is 0 Å². The van der Waals surface area contributed by atoms with E-state index in [0.29, 0.717) is 48.0 Å². The molecule has 0 aliphatic carbocycles. The Kier molecular flexibility index (Phi) is 7.13. The number of aryl methyl sites for hydroxylation is 1. The molecule has 184 valence electrons. The lowest BCUT2D eigenvalue weighted by Gasteiger charge is -2.32. The summed E-state index contributed by atoms with van der Waals surface area (Å²) in [5, 5.41) is 3.07. The summed E-state index contributed by atoms with van der Waals surface area (Å²) < 4.78 is 5.91. The van der Waals surface area contributed by atoms with E-state index in [9.17, 15) is 9.59 Å². The van der Waals surface area contributed by atoms with Crippen LogP contribution in [-0.4, -0.2) is 65.9 Å². The van der Waals surface area contributed by atoms with Gasteiger partial charge in [0, 0.05) is 43.7 Å². The summed E-state index contributed by atoms with van der Waals surface area (Å²) in [5.41, 5.74) is 4.08. The highest BCUT2D eigenvalue weighted by Gasteiger charge is 2.25. The molecule has 2 aromatic carbocycles. The van der Waals surface area contributed by atoms with Crippen LogP contribution in [0.2, 0.25) is 0 Å². The third kappa shape index (κ3) is 5.73. The number of carbonyl (C=O) groups excluding carboxylic acids is 2. The van der Waals surface area contributed by atoms with Crippen LogP contribution in [0.3, 0.4) is 0 Å². The smallest absolute Gasteiger partial charge is 0.253 e. The van der Waals surface area contributed by atoms with E-state index in [0.717, 1.165) is 44.6 Å². The highest BCUT2D eigenvalue weighted by molar-refractivity contribution is 5.97. The first-order valence-corrected chi connectivity index (χ1v) is 12.8. The molecule has 7 heteroatoms. The number of hydrogen-bond acceptors (Lipinski definition) is 5. The third-order valence-corrected chi connectivity index (χ3v) is 7.26. The number of amides is 2. The minimum absolute atomic E-state index is 0.0142. The number of aromatic nitrogens is 1. The van der Waals surface area contributed by atoms with Gasteiger partial charge in [-0.05, 0) is 81.9 Å². The molecule has 0 atom stereocenters. The van der Waals surface area contributed by atoms with Gasteiger partial charge in [0.2, 0.25) is 11.8 Å². The van der Waals surface area contributed by atoms with Crippen molar-refractivity contribution >= 4 is 22.9 Å². The first-order chi connectivity index (χ1) is 17.0. The number of piperidine rings is 1. The average molecular weight is 475 g/mol. The van der Waals surface area contributed by atoms with Gasteiger partial charge in [-0.15, -0.1) is 0 Å². The standard InChI is InChI=1S/C28H34N4O3/c1-20-4-6-22(7-5-20)27-30-24-19-23(8-9-25(24)35-27)28(34)32-15-10-21(11-16-32)18-26(33)29-12-17-31-13-2-3-14-31/h4-9,19,21H,2-3,10-18H2,1H3,(H,29,33). The van der Waals surface area contributed by atoms with Crippen molar-refractivity contribution in [1.82, 2.24) is 20.1 Å². The summed E-state index contributed by atoms with van der Waals surface area (Å²) >= 11 is 0. The van der Waals surface area contributed by atoms with Crippen molar-refractivity contribution in [2.24, 2.45) is 5.92 Å². The molecule has 0 unspecified atom stereocenters. The topological polar surface area (TPSA) is 78.7 Å². The molecule has 2 aliphatic rings. The van der Waals surface area contributed by atoms with Crippen molar-refractivity contribution in [3.8, 4) is 11.5 Å². The molecule has 2 fully saturated rings. The van der Waals surface area contributed by atoms with Gasteiger partial charge in [0.15, 0.2) is 5.58 Å². The minimum Gasteiger partial charge on any atom is -0.436 e. The fraction of sp³-hybridized carbons (Fsp3) is 0.464. The van der Waals surface area contributed by atoms with Crippen LogP contribution in [0, 0.1) is 12.8 Å². The SMILES string of the molecule is Cc1ccc(-c2nc3cc(C(=O)N4CCC(CC(=O)NCCN5CCCC5)CC4)ccc3o2)cc1. The second-order valence-corrected chi connectivity index (χ2v) is 9.91. The molecule has 0 radical (unpaired) electrons. The fourth-order valence-corrected chi connectivity index (χ4v) is 5.10. The number of nitrogens with one attached hydrogen (secondary N) is 1. The Balaban J connectivity index is 1.12. The Morgan fingerprint density at radius 3 is 2.51 bits per heavy atom. The average Bonchev–Trinajstić information content (AvgIpc) is 3.54. The zero-order chi connectivity index (χ0) is 24.2. The van der Waals surface area contributed by atoms with E-state index in [1.807, 2.05) is 54.3 Å². The summed E-state index contributed by atoms with van der Waals surface area (Å²) in [6.07, 6.45) is 4.80. The molecule has 0 saturated carbocycles. The predicted molar refractivity (Wildman–Crippen MR) is 136 cm³/mol. The Morgan fingerprint density at radius 2 is 1.77 bits per heavy atom. The van der Waals surface area contributed by atoms with Gasteiger partial charge in [-0.3, -0.25) is 9.59 Å². The van der Waals surface area contributed by atoms with Crippen LogP contribution in [0.4, 0.5) is 0 Å². The molecule has 7 nitrogen and oxygen atoms in total. The Morgan fingerprint density at radius 1 is 1.03 bits per heavy atom. The van der Waals surface area contributed by atoms with E-state index in [1.54, 1.807) is 0 Å². The van der Waals surface area contributed by atoms with Crippen LogP contribution in [0.1, 0.15) is 48.0 Å². The molecule has 2 aliphatic heterocycles. The largest absolute Gasteiger partial charge is 0.436 e. The lowest BCUT2D eigenvalue weighted by molar-refractivity contribution is -0.122. The normalized spacial score (nSPS) is 17.2. The molecule has 5 rings (SSSR count). The van der Waals surface area contributed by atoms with Gasteiger partial charge in [0.1, 0.15) is 5.52 Å². The summed E-state index contributed by atoms with van der Waals surface area (Å²) in [5.74, 6) is 1.04. The van der Waals surface area contributed by atoms with Crippen molar-refractivity contribution in [2.45, 2.75) is 39.0 Å². The number of benzene rings is 2. The van der Waals surface area contributed by atoms with Gasteiger partial charge in [-0.25, -0.2) is 4.98 Å². The number of hydrogen-bond donors (Lipinski definition) is 1. The minimum atomic E-state index is 0.0142. The van der Waals surface area contributed by atoms with E-state index in [4.69, 9.17) is 4.42 Å². The van der Waals surface area contributed by atoms with Crippen LogP contribution in [0.15, 0.2) is 46.9 Å². The predicted octanol–water partition coefficient (Wildman–Crippen LogP) is 4.26. The number of rotatable bonds is 7. The molecule has 0 bridgehead atoms. The molecule has 3 aromatic rings. The highest BCUT2D eigenvalue weighted by Crippen LogP contribution is 2.27. The van der Waals surface area contributed by atoms with Crippen molar-refractivity contribution in [3.63, 3.8) is 0 Å². The Hall–Kier alpha value is -3.19. The first kappa shape index (κ1) is 23.5. The van der Waals surface area contributed by atoms with Crippen LogP contribution < -0.4 is 5.32 Å². The molecule has 3 heterocycles. The summed E-state index contributed by atoms with van der Waals surface area (Å²) in [4.78, 5) is 34.4. The Bertz CT molecular complexity index is 1170. The monoisotopic (exact) mass is 474 g/mol. The second-order valence-electron chi connectivity index (χ2n) is 9.91. The lowest BCUT2D eigenvalue weighted by atomic mass is 9.93. The fourth-order valence-electron chi connectivity index (χ4n) is 5.10.